The Kier molecular flexibility index (Phi) is 3.17. The summed E-state index contributed by atoms with van der Waals surface area (Å²) >= 11 is 0. The zero-order valence-electron chi connectivity index (χ0n) is 10.9. The molecule has 0 saturated heterocycles. The van der Waals surface area contributed by atoms with Crippen LogP contribution in [0.2, 0.25) is 0 Å². The summed E-state index contributed by atoms with van der Waals surface area (Å²) in [4.78, 5) is 2.53. The SMILES string of the molecule is CC(C)N1CCCc2c1ccc[n+]2C(C)C. The Balaban J connectivity index is 2.46. The normalized spacial score (nSPS) is 15.8. The predicted molar refractivity (Wildman–Crippen MR) is 67.8 cm³/mol. The summed E-state index contributed by atoms with van der Waals surface area (Å²) in [6.45, 7) is 10.3. The van der Waals surface area contributed by atoms with Crippen molar-refractivity contribution in [2.75, 3.05) is 11.4 Å². The van der Waals surface area contributed by atoms with Crippen LogP contribution in [0.3, 0.4) is 0 Å². The number of anilines is 1. The van der Waals surface area contributed by atoms with E-state index in [0.717, 1.165) is 0 Å². The van der Waals surface area contributed by atoms with Crippen LogP contribution in [-0.2, 0) is 6.42 Å². The largest absolute Gasteiger partial charge is 0.364 e. The van der Waals surface area contributed by atoms with Gasteiger partial charge in [0.15, 0.2) is 12.2 Å². The van der Waals surface area contributed by atoms with Gasteiger partial charge in [0.25, 0.3) is 0 Å². The number of fused-ring (bicyclic) bond motifs is 1. The van der Waals surface area contributed by atoms with Crippen LogP contribution in [0.4, 0.5) is 5.69 Å². The van der Waals surface area contributed by atoms with Crippen LogP contribution >= 0.6 is 0 Å². The van der Waals surface area contributed by atoms with Crippen molar-refractivity contribution in [2.24, 2.45) is 0 Å². The predicted octanol–water partition coefficient (Wildman–Crippen LogP) is 2.72. The van der Waals surface area contributed by atoms with Gasteiger partial charge in [0.1, 0.15) is 5.69 Å². The molecule has 0 unspecified atom stereocenters. The molecule has 1 aromatic rings. The van der Waals surface area contributed by atoms with Crippen LogP contribution in [0.15, 0.2) is 18.3 Å². The molecule has 2 heteroatoms. The van der Waals surface area contributed by atoms with E-state index < -0.39 is 0 Å². The van der Waals surface area contributed by atoms with Gasteiger partial charge < -0.3 is 4.90 Å². The lowest BCUT2D eigenvalue weighted by atomic mass is 10.0. The molecule has 0 fully saturated rings. The van der Waals surface area contributed by atoms with Crippen molar-refractivity contribution in [3.05, 3.63) is 24.0 Å². The van der Waals surface area contributed by atoms with Gasteiger partial charge in [-0.2, -0.15) is 4.57 Å². The first-order valence-electron chi connectivity index (χ1n) is 6.41. The van der Waals surface area contributed by atoms with Crippen LogP contribution in [0.25, 0.3) is 0 Å². The van der Waals surface area contributed by atoms with Gasteiger partial charge in [-0.25, -0.2) is 0 Å². The first-order valence-corrected chi connectivity index (χ1v) is 6.41. The molecule has 0 saturated carbocycles. The van der Waals surface area contributed by atoms with Gasteiger partial charge >= 0.3 is 0 Å². The third kappa shape index (κ3) is 1.93. The monoisotopic (exact) mass is 219 g/mol. The summed E-state index contributed by atoms with van der Waals surface area (Å²) in [5, 5.41) is 0. The lowest BCUT2D eigenvalue weighted by molar-refractivity contribution is -0.722. The highest BCUT2D eigenvalue weighted by Crippen LogP contribution is 2.26. The molecule has 88 valence electrons. The summed E-state index contributed by atoms with van der Waals surface area (Å²) in [6, 6.07) is 5.61. The molecule has 2 heterocycles. The Hall–Kier alpha value is -1.05. The zero-order chi connectivity index (χ0) is 11.7. The van der Waals surface area contributed by atoms with E-state index in [2.05, 4.69) is 55.5 Å². The fourth-order valence-corrected chi connectivity index (χ4v) is 2.62. The molecule has 0 bridgehead atoms. The van der Waals surface area contributed by atoms with E-state index in [1.807, 2.05) is 0 Å². The molecular formula is C14H23N2+. The number of aromatic nitrogens is 1. The van der Waals surface area contributed by atoms with Crippen molar-refractivity contribution in [1.29, 1.82) is 0 Å². The van der Waals surface area contributed by atoms with Gasteiger partial charge in [-0.05, 0) is 40.2 Å². The van der Waals surface area contributed by atoms with E-state index in [0.29, 0.717) is 12.1 Å². The molecule has 0 atom stereocenters. The molecule has 0 amide bonds. The molecule has 1 aromatic heterocycles. The van der Waals surface area contributed by atoms with E-state index in [-0.39, 0.29) is 0 Å². The van der Waals surface area contributed by atoms with Gasteiger partial charge in [-0.1, -0.05) is 0 Å². The topological polar surface area (TPSA) is 7.12 Å². The van der Waals surface area contributed by atoms with Crippen molar-refractivity contribution < 1.29 is 4.57 Å². The maximum atomic E-state index is 2.53. The van der Waals surface area contributed by atoms with E-state index in [1.54, 1.807) is 0 Å². The van der Waals surface area contributed by atoms with E-state index in [9.17, 15) is 0 Å². The minimum atomic E-state index is 0.557. The minimum Gasteiger partial charge on any atom is -0.364 e. The smallest absolute Gasteiger partial charge is 0.205 e. The zero-order valence-corrected chi connectivity index (χ0v) is 10.9. The van der Waals surface area contributed by atoms with Crippen LogP contribution in [-0.4, -0.2) is 12.6 Å². The minimum absolute atomic E-state index is 0.557. The van der Waals surface area contributed by atoms with Gasteiger partial charge in [0.2, 0.25) is 5.69 Å². The Morgan fingerprint density at radius 2 is 2.00 bits per heavy atom. The van der Waals surface area contributed by atoms with Crippen molar-refractivity contribution >= 4 is 5.69 Å². The number of pyridine rings is 1. The Morgan fingerprint density at radius 3 is 2.62 bits per heavy atom. The lowest BCUT2D eigenvalue weighted by Crippen LogP contribution is -2.46. The molecule has 0 aliphatic carbocycles. The molecule has 0 radical (unpaired) electrons. The summed E-state index contributed by atoms with van der Waals surface area (Å²) < 4.78 is 2.42. The van der Waals surface area contributed by atoms with Crippen LogP contribution in [0.5, 0.6) is 0 Å². The van der Waals surface area contributed by atoms with Crippen LogP contribution in [0, 0.1) is 0 Å². The highest BCUT2D eigenvalue weighted by molar-refractivity contribution is 5.51. The van der Waals surface area contributed by atoms with Crippen LogP contribution < -0.4 is 9.47 Å². The Morgan fingerprint density at radius 1 is 1.25 bits per heavy atom. The van der Waals surface area contributed by atoms with E-state index >= 15 is 0 Å². The third-order valence-corrected chi connectivity index (χ3v) is 3.41. The Bertz CT molecular complexity index is 369. The second kappa shape index (κ2) is 4.44. The number of hydrogen-bond acceptors (Lipinski definition) is 1. The van der Waals surface area contributed by atoms with Crippen molar-refractivity contribution in [1.82, 2.24) is 0 Å². The highest BCUT2D eigenvalue weighted by Gasteiger charge is 2.27. The molecule has 2 rings (SSSR count). The molecule has 1 aliphatic rings. The van der Waals surface area contributed by atoms with Crippen molar-refractivity contribution in [3.8, 4) is 0 Å². The van der Waals surface area contributed by atoms with Gasteiger partial charge in [-0.3, -0.25) is 0 Å². The fraction of sp³-hybridized carbons (Fsp3) is 0.643. The summed E-state index contributed by atoms with van der Waals surface area (Å²) in [6.07, 6.45) is 4.72. The van der Waals surface area contributed by atoms with Crippen molar-refractivity contribution in [2.45, 2.75) is 52.6 Å². The highest BCUT2D eigenvalue weighted by atomic mass is 15.2. The average Bonchev–Trinajstić information content (AvgIpc) is 2.27. The van der Waals surface area contributed by atoms with Crippen molar-refractivity contribution in [3.63, 3.8) is 0 Å². The molecule has 1 aliphatic heterocycles. The third-order valence-electron chi connectivity index (χ3n) is 3.41. The molecular weight excluding hydrogens is 196 g/mol. The lowest BCUT2D eigenvalue weighted by Gasteiger charge is -2.33. The first-order chi connectivity index (χ1) is 7.61. The summed E-state index contributed by atoms with van der Waals surface area (Å²) in [7, 11) is 0. The fourth-order valence-electron chi connectivity index (χ4n) is 2.62. The maximum absolute atomic E-state index is 2.53. The van der Waals surface area contributed by atoms with E-state index in [1.165, 1.54) is 30.8 Å². The molecule has 16 heavy (non-hydrogen) atoms. The molecule has 0 aromatic carbocycles. The number of rotatable bonds is 2. The maximum Gasteiger partial charge on any atom is 0.205 e. The average molecular weight is 219 g/mol. The first kappa shape index (κ1) is 11.4. The number of hydrogen-bond donors (Lipinski definition) is 0. The number of nitrogens with zero attached hydrogens (tertiary/aromatic N) is 2. The van der Waals surface area contributed by atoms with Crippen LogP contribution in [0.1, 0.15) is 45.9 Å². The molecule has 2 nitrogen and oxygen atoms in total. The van der Waals surface area contributed by atoms with Gasteiger partial charge in [-0.15, -0.1) is 0 Å². The standard InChI is InChI=1S/C14H23N2/c1-11(2)15-9-5-8-14-13(15)7-6-10-16(14)12(3)4/h5,8-9,11-12H,6-7,10H2,1-4H3/q+1. The second-order valence-electron chi connectivity index (χ2n) is 5.23. The second-order valence-corrected chi connectivity index (χ2v) is 5.23. The van der Waals surface area contributed by atoms with Gasteiger partial charge in [0.05, 0.1) is 0 Å². The molecule has 0 N–H and O–H groups in total. The van der Waals surface area contributed by atoms with Gasteiger partial charge in [0, 0.05) is 25.1 Å². The quantitative estimate of drug-likeness (QED) is 0.694. The molecule has 0 spiro atoms. The Labute approximate surface area is 98.9 Å². The van der Waals surface area contributed by atoms with E-state index in [4.69, 9.17) is 0 Å². The summed E-state index contributed by atoms with van der Waals surface area (Å²) in [5.74, 6) is 0. The summed E-state index contributed by atoms with van der Waals surface area (Å²) in [5.41, 5.74) is 2.95.